The average molecular weight is 224 g/mol. The zero-order valence-electron chi connectivity index (χ0n) is 8.87. The van der Waals surface area contributed by atoms with E-state index in [-0.39, 0.29) is 5.91 Å². The predicted octanol–water partition coefficient (Wildman–Crippen LogP) is 1.72. The Morgan fingerprint density at radius 3 is 2.80 bits per heavy atom. The number of carbonyl (C=O) groups excluding carboxylic acids is 1. The predicted molar refractivity (Wildman–Crippen MR) is 57.3 cm³/mol. The first-order valence-electron chi connectivity index (χ1n) is 4.55. The number of nitrogens with one attached hydrogen (secondary N) is 1. The lowest BCUT2D eigenvalue weighted by atomic mass is 9.88. The molecule has 6 heteroatoms. The Morgan fingerprint density at radius 1 is 1.73 bits per heavy atom. The molecule has 1 amide bonds. The summed E-state index contributed by atoms with van der Waals surface area (Å²) in [4.78, 5) is 15.7. The van der Waals surface area contributed by atoms with Gasteiger partial charge in [-0.15, -0.1) is 0 Å². The summed E-state index contributed by atoms with van der Waals surface area (Å²) in [5.41, 5.74) is -1.00. The van der Waals surface area contributed by atoms with Gasteiger partial charge in [0.05, 0.1) is 6.07 Å². The van der Waals surface area contributed by atoms with E-state index >= 15 is 0 Å². The molecule has 1 aromatic rings. The lowest BCUT2D eigenvalue weighted by molar-refractivity contribution is -0.122. The van der Waals surface area contributed by atoms with Crippen LogP contribution in [0.2, 0.25) is 0 Å². The quantitative estimate of drug-likeness (QED) is 0.847. The third-order valence-electron chi connectivity index (χ3n) is 2.20. The van der Waals surface area contributed by atoms with Crippen LogP contribution in [0.4, 0.5) is 5.13 Å². The van der Waals surface area contributed by atoms with Gasteiger partial charge in [0, 0.05) is 11.5 Å². The van der Waals surface area contributed by atoms with Gasteiger partial charge in [-0.25, -0.2) is 4.98 Å². The highest BCUT2D eigenvalue weighted by atomic mass is 32.1. The molecule has 80 valence electrons. The Bertz CT molecular complexity index is 408. The number of nitriles is 1. The van der Waals surface area contributed by atoms with Gasteiger partial charge in [0.15, 0.2) is 0 Å². The van der Waals surface area contributed by atoms with Crippen molar-refractivity contribution in [1.82, 2.24) is 9.36 Å². The van der Waals surface area contributed by atoms with Crippen LogP contribution in [0.5, 0.6) is 0 Å². The summed E-state index contributed by atoms with van der Waals surface area (Å²) < 4.78 is 3.94. The fourth-order valence-corrected chi connectivity index (χ4v) is 1.44. The number of hydrogen-bond acceptors (Lipinski definition) is 5. The van der Waals surface area contributed by atoms with Gasteiger partial charge in [-0.3, -0.25) is 10.1 Å². The van der Waals surface area contributed by atoms with E-state index in [1.807, 2.05) is 6.07 Å². The highest BCUT2D eigenvalue weighted by Gasteiger charge is 2.31. The molecule has 0 fully saturated rings. The maximum Gasteiger partial charge on any atom is 0.246 e. The molecule has 1 unspecified atom stereocenters. The SMILES string of the molecule is CCC(C)(C#N)C(=O)Nc1nc(C)ns1. The molecule has 0 saturated heterocycles. The highest BCUT2D eigenvalue weighted by molar-refractivity contribution is 7.09. The summed E-state index contributed by atoms with van der Waals surface area (Å²) >= 11 is 1.11. The van der Waals surface area contributed by atoms with Gasteiger partial charge in [0.2, 0.25) is 11.0 Å². The van der Waals surface area contributed by atoms with Crippen LogP contribution < -0.4 is 5.32 Å². The van der Waals surface area contributed by atoms with Crippen molar-refractivity contribution in [2.24, 2.45) is 5.41 Å². The van der Waals surface area contributed by atoms with Crippen molar-refractivity contribution < 1.29 is 4.79 Å². The molecule has 5 nitrogen and oxygen atoms in total. The second kappa shape index (κ2) is 4.36. The van der Waals surface area contributed by atoms with Crippen LogP contribution in [0.25, 0.3) is 0 Å². The van der Waals surface area contributed by atoms with Crippen LogP contribution in [0.3, 0.4) is 0 Å². The maximum atomic E-state index is 11.7. The summed E-state index contributed by atoms with van der Waals surface area (Å²) in [6, 6.07) is 2.00. The van der Waals surface area contributed by atoms with E-state index in [1.54, 1.807) is 20.8 Å². The van der Waals surface area contributed by atoms with E-state index < -0.39 is 5.41 Å². The molecular weight excluding hydrogens is 212 g/mol. The first-order valence-corrected chi connectivity index (χ1v) is 5.32. The molecular formula is C9H12N4OS. The molecule has 0 saturated carbocycles. The molecule has 0 spiro atoms. The Kier molecular flexibility index (Phi) is 3.37. The molecule has 15 heavy (non-hydrogen) atoms. The van der Waals surface area contributed by atoms with Gasteiger partial charge >= 0.3 is 0 Å². The van der Waals surface area contributed by atoms with Gasteiger partial charge in [-0.05, 0) is 20.3 Å². The van der Waals surface area contributed by atoms with Crippen LogP contribution in [0.1, 0.15) is 26.1 Å². The second-order valence-corrected chi connectivity index (χ2v) is 4.15. The van der Waals surface area contributed by atoms with Gasteiger partial charge in [0.25, 0.3) is 0 Å². The van der Waals surface area contributed by atoms with Crippen LogP contribution in [0.15, 0.2) is 0 Å². The van der Waals surface area contributed by atoms with Gasteiger partial charge in [-0.1, -0.05) is 6.92 Å². The highest BCUT2D eigenvalue weighted by Crippen LogP contribution is 2.22. The zero-order chi connectivity index (χ0) is 11.5. The van der Waals surface area contributed by atoms with E-state index in [0.29, 0.717) is 17.4 Å². The van der Waals surface area contributed by atoms with Crippen molar-refractivity contribution in [1.29, 1.82) is 5.26 Å². The molecule has 1 N–H and O–H groups in total. The molecule has 1 heterocycles. The van der Waals surface area contributed by atoms with Crippen LogP contribution in [0, 0.1) is 23.7 Å². The lowest BCUT2D eigenvalue weighted by Gasteiger charge is -2.16. The fraction of sp³-hybridized carbons (Fsp3) is 0.556. The molecule has 1 atom stereocenters. The smallest absolute Gasteiger partial charge is 0.246 e. The van der Waals surface area contributed by atoms with Crippen molar-refractivity contribution in [3.63, 3.8) is 0 Å². The number of anilines is 1. The van der Waals surface area contributed by atoms with Crippen LogP contribution in [-0.4, -0.2) is 15.3 Å². The van der Waals surface area contributed by atoms with Gasteiger partial charge < -0.3 is 0 Å². The third-order valence-corrected chi connectivity index (χ3v) is 2.92. The minimum absolute atomic E-state index is 0.330. The minimum Gasteiger partial charge on any atom is -0.299 e. The largest absolute Gasteiger partial charge is 0.299 e. The molecule has 0 radical (unpaired) electrons. The summed E-state index contributed by atoms with van der Waals surface area (Å²) in [5, 5.41) is 11.9. The molecule has 0 aromatic carbocycles. The zero-order valence-corrected chi connectivity index (χ0v) is 9.68. The van der Waals surface area contributed by atoms with Crippen molar-refractivity contribution in [2.75, 3.05) is 5.32 Å². The van der Waals surface area contributed by atoms with Crippen molar-refractivity contribution >= 4 is 22.6 Å². The molecule has 0 bridgehead atoms. The Labute approximate surface area is 92.3 Å². The number of rotatable bonds is 3. The molecule has 0 aliphatic rings. The minimum atomic E-state index is -1.00. The number of hydrogen-bond donors (Lipinski definition) is 1. The van der Waals surface area contributed by atoms with Gasteiger partial charge in [-0.2, -0.15) is 9.64 Å². The third kappa shape index (κ3) is 2.50. The summed E-state index contributed by atoms with van der Waals surface area (Å²) in [6.45, 7) is 5.15. The Hall–Kier alpha value is -1.48. The average Bonchev–Trinajstić information content (AvgIpc) is 2.62. The number of nitrogens with zero attached hydrogens (tertiary/aromatic N) is 3. The number of carbonyl (C=O) groups is 1. The standard InChI is InChI=1S/C9H12N4OS/c1-4-9(3,5-10)7(14)12-8-11-6(2)13-15-8/h4H2,1-3H3,(H,11,12,13,14). The lowest BCUT2D eigenvalue weighted by Crippen LogP contribution is -2.31. The number of aryl methyl sites for hydroxylation is 1. The second-order valence-electron chi connectivity index (χ2n) is 3.40. The summed E-state index contributed by atoms with van der Waals surface area (Å²) in [5.74, 6) is 0.286. The molecule has 0 aliphatic carbocycles. The topological polar surface area (TPSA) is 78.7 Å². The van der Waals surface area contributed by atoms with Crippen molar-refractivity contribution in [3.8, 4) is 6.07 Å². The number of amides is 1. The monoisotopic (exact) mass is 224 g/mol. The first-order chi connectivity index (χ1) is 7.01. The van der Waals surface area contributed by atoms with Gasteiger partial charge in [0.1, 0.15) is 11.2 Å². The molecule has 0 aliphatic heterocycles. The molecule has 1 rings (SSSR count). The van der Waals surface area contributed by atoms with E-state index in [1.165, 1.54) is 0 Å². The van der Waals surface area contributed by atoms with Crippen molar-refractivity contribution in [3.05, 3.63) is 5.82 Å². The number of aromatic nitrogens is 2. The first kappa shape index (κ1) is 11.6. The fourth-order valence-electron chi connectivity index (χ4n) is 0.873. The summed E-state index contributed by atoms with van der Waals surface area (Å²) in [6.07, 6.45) is 0.465. The van der Waals surface area contributed by atoms with Crippen LogP contribution in [-0.2, 0) is 4.79 Å². The Balaban J connectivity index is 2.76. The van der Waals surface area contributed by atoms with E-state index in [2.05, 4.69) is 14.7 Å². The van der Waals surface area contributed by atoms with Crippen molar-refractivity contribution in [2.45, 2.75) is 27.2 Å². The van der Waals surface area contributed by atoms with E-state index in [9.17, 15) is 4.79 Å². The van der Waals surface area contributed by atoms with Crippen LogP contribution >= 0.6 is 11.5 Å². The summed E-state index contributed by atoms with van der Waals surface area (Å²) in [7, 11) is 0. The molecule has 1 aromatic heterocycles. The Morgan fingerprint density at radius 2 is 2.40 bits per heavy atom. The van der Waals surface area contributed by atoms with E-state index in [4.69, 9.17) is 5.26 Å². The normalized spacial score (nSPS) is 14.0. The maximum absolute atomic E-state index is 11.7. The van der Waals surface area contributed by atoms with E-state index in [0.717, 1.165) is 11.5 Å².